The summed E-state index contributed by atoms with van der Waals surface area (Å²) in [6.07, 6.45) is 0. The van der Waals surface area contributed by atoms with Gasteiger partial charge in [0.15, 0.2) is 0 Å². The number of hydrogen-bond donors (Lipinski definition) is 3. The van der Waals surface area contributed by atoms with Gasteiger partial charge in [-0.2, -0.15) is 0 Å². The Morgan fingerprint density at radius 1 is 1.44 bits per heavy atom. The maximum absolute atomic E-state index is 10.8. The Morgan fingerprint density at radius 3 is 2.38 bits per heavy atom. The minimum atomic E-state index is -1.05. The van der Waals surface area contributed by atoms with Crippen LogP contribution in [0.2, 0.25) is 0 Å². The van der Waals surface area contributed by atoms with Gasteiger partial charge in [0.1, 0.15) is 11.8 Å². The molecule has 1 aromatic carbocycles. The second-order valence-corrected chi connectivity index (χ2v) is 3.48. The van der Waals surface area contributed by atoms with Crippen LogP contribution in [0.3, 0.4) is 0 Å². The van der Waals surface area contributed by atoms with Crippen LogP contribution in [0.1, 0.15) is 11.5 Å². The summed E-state index contributed by atoms with van der Waals surface area (Å²) < 4.78 is 5.01. The molecule has 0 aromatic heterocycles. The minimum absolute atomic E-state index is 0.194. The van der Waals surface area contributed by atoms with Gasteiger partial charge in [0.2, 0.25) is 0 Å². The number of carbonyl (C=O) groups is 1. The normalized spacial score (nSPS) is 14.2. The lowest BCUT2D eigenvalue weighted by Crippen LogP contribution is -2.39. The molecule has 0 saturated carbocycles. The first-order valence-electron chi connectivity index (χ1n) is 4.92. The summed E-state index contributed by atoms with van der Waals surface area (Å²) in [6.45, 7) is 0.194. The molecule has 0 amide bonds. The molecule has 0 spiro atoms. The topological polar surface area (TPSA) is 98.6 Å². The molecule has 0 bridgehead atoms. The first-order valence-corrected chi connectivity index (χ1v) is 4.92. The van der Waals surface area contributed by atoms with Crippen LogP contribution in [-0.4, -0.2) is 30.8 Å². The lowest BCUT2D eigenvalue weighted by atomic mass is 9.92. The summed E-state index contributed by atoms with van der Waals surface area (Å²) >= 11 is 0. The van der Waals surface area contributed by atoms with E-state index < -0.39 is 12.0 Å². The van der Waals surface area contributed by atoms with Gasteiger partial charge >= 0.3 is 5.97 Å². The van der Waals surface area contributed by atoms with E-state index in [1.54, 1.807) is 31.4 Å². The Morgan fingerprint density at radius 2 is 2.00 bits per heavy atom. The van der Waals surface area contributed by atoms with Gasteiger partial charge in [-0.1, -0.05) is 12.1 Å². The van der Waals surface area contributed by atoms with Crippen LogP contribution in [0.5, 0.6) is 5.75 Å². The second kappa shape index (κ2) is 5.48. The predicted molar refractivity (Wildman–Crippen MR) is 60.4 cm³/mol. The number of ether oxygens (including phenoxy) is 1. The zero-order valence-corrected chi connectivity index (χ0v) is 9.09. The third-order valence-electron chi connectivity index (χ3n) is 2.52. The number of aliphatic carboxylic acids is 1. The van der Waals surface area contributed by atoms with Crippen molar-refractivity contribution < 1.29 is 14.6 Å². The van der Waals surface area contributed by atoms with E-state index in [0.29, 0.717) is 5.75 Å². The molecule has 88 valence electrons. The lowest BCUT2D eigenvalue weighted by molar-refractivity contribution is -0.139. The Hall–Kier alpha value is -1.59. The molecule has 5 N–H and O–H groups in total. The molecule has 0 heterocycles. The van der Waals surface area contributed by atoms with E-state index in [1.165, 1.54) is 0 Å². The summed E-state index contributed by atoms with van der Waals surface area (Å²) in [6, 6.07) is 6.08. The van der Waals surface area contributed by atoms with Crippen LogP contribution in [-0.2, 0) is 4.79 Å². The van der Waals surface area contributed by atoms with E-state index in [2.05, 4.69) is 0 Å². The summed E-state index contributed by atoms with van der Waals surface area (Å²) in [4.78, 5) is 10.8. The molecule has 2 atom stereocenters. The fourth-order valence-corrected chi connectivity index (χ4v) is 1.51. The maximum atomic E-state index is 10.8. The Labute approximate surface area is 94.0 Å². The highest BCUT2D eigenvalue weighted by atomic mass is 16.5. The number of methoxy groups -OCH3 is 1. The summed E-state index contributed by atoms with van der Waals surface area (Å²) in [5, 5.41) is 8.84. The average Bonchev–Trinajstić information content (AvgIpc) is 2.30. The van der Waals surface area contributed by atoms with Gasteiger partial charge in [-0.15, -0.1) is 0 Å². The molecule has 5 nitrogen and oxygen atoms in total. The number of carboxylic acid groups (broad SMARTS) is 1. The van der Waals surface area contributed by atoms with E-state index in [9.17, 15) is 4.79 Å². The van der Waals surface area contributed by atoms with Crippen molar-refractivity contribution in [2.45, 2.75) is 12.0 Å². The van der Waals surface area contributed by atoms with Crippen molar-refractivity contribution in [3.63, 3.8) is 0 Å². The summed E-state index contributed by atoms with van der Waals surface area (Å²) in [5.74, 6) is -0.724. The predicted octanol–water partition coefficient (Wildman–Crippen LogP) is 0.149. The number of benzene rings is 1. The number of hydrogen-bond acceptors (Lipinski definition) is 4. The van der Waals surface area contributed by atoms with Gasteiger partial charge in [0.25, 0.3) is 0 Å². The molecule has 0 aliphatic heterocycles. The van der Waals surface area contributed by atoms with E-state index in [-0.39, 0.29) is 12.5 Å². The monoisotopic (exact) mass is 224 g/mol. The highest BCUT2D eigenvalue weighted by Gasteiger charge is 2.24. The van der Waals surface area contributed by atoms with Gasteiger partial charge in [-0.3, -0.25) is 4.79 Å². The van der Waals surface area contributed by atoms with Gasteiger partial charge in [0, 0.05) is 12.5 Å². The summed E-state index contributed by atoms with van der Waals surface area (Å²) in [7, 11) is 1.57. The molecule has 16 heavy (non-hydrogen) atoms. The van der Waals surface area contributed by atoms with Crippen molar-refractivity contribution in [3.8, 4) is 5.75 Å². The van der Waals surface area contributed by atoms with Crippen LogP contribution in [0, 0.1) is 0 Å². The van der Waals surface area contributed by atoms with E-state index in [0.717, 1.165) is 5.56 Å². The van der Waals surface area contributed by atoms with Gasteiger partial charge in [0.05, 0.1) is 7.11 Å². The fraction of sp³-hybridized carbons (Fsp3) is 0.364. The van der Waals surface area contributed by atoms with Crippen LogP contribution >= 0.6 is 0 Å². The molecular formula is C11H16N2O3. The van der Waals surface area contributed by atoms with Crippen molar-refractivity contribution >= 4 is 5.97 Å². The SMILES string of the molecule is COc1ccc([C@H](CN)[C@@H](N)C(=O)O)cc1. The number of carboxylic acids is 1. The molecule has 0 radical (unpaired) electrons. The molecule has 0 aliphatic carbocycles. The standard InChI is InChI=1S/C11H16N2O3/c1-16-8-4-2-7(3-5-8)9(6-12)10(13)11(14)15/h2-5,9-10H,6,12-13H2,1H3,(H,14,15)/t9-,10+/m0/s1. The van der Waals surface area contributed by atoms with Crippen LogP contribution < -0.4 is 16.2 Å². The van der Waals surface area contributed by atoms with Crippen LogP contribution in [0.15, 0.2) is 24.3 Å². The molecule has 0 unspecified atom stereocenters. The van der Waals surface area contributed by atoms with Crippen molar-refractivity contribution in [1.29, 1.82) is 0 Å². The summed E-state index contributed by atoms with van der Waals surface area (Å²) in [5.41, 5.74) is 11.9. The average molecular weight is 224 g/mol. The molecule has 1 rings (SSSR count). The number of rotatable bonds is 5. The molecule has 5 heteroatoms. The minimum Gasteiger partial charge on any atom is -0.497 e. The maximum Gasteiger partial charge on any atom is 0.321 e. The van der Waals surface area contributed by atoms with E-state index in [1.807, 2.05) is 0 Å². The van der Waals surface area contributed by atoms with Gasteiger partial charge in [-0.25, -0.2) is 0 Å². The molecule has 1 aromatic rings. The van der Waals surface area contributed by atoms with Crippen molar-refractivity contribution in [1.82, 2.24) is 0 Å². The molecular weight excluding hydrogens is 208 g/mol. The highest BCUT2D eigenvalue weighted by Crippen LogP contribution is 2.20. The van der Waals surface area contributed by atoms with Gasteiger partial charge < -0.3 is 21.3 Å². The third-order valence-corrected chi connectivity index (χ3v) is 2.52. The Bertz CT molecular complexity index is 351. The highest BCUT2D eigenvalue weighted by molar-refractivity contribution is 5.74. The molecule has 0 saturated heterocycles. The van der Waals surface area contributed by atoms with E-state index in [4.69, 9.17) is 21.3 Å². The first kappa shape index (κ1) is 12.5. The first-order chi connectivity index (χ1) is 7.60. The Balaban J connectivity index is 2.90. The Kier molecular flexibility index (Phi) is 4.28. The quantitative estimate of drug-likeness (QED) is 0.661. The zero-order chi connectivity index (χ0) is 12.1. The third kappa shape index (κ3) is 2.71. The van der Waals surface area contributed by atoms with Crippen molar-refractivity contribution in [2.24, 2.45) is 11.5 Å². The largest absolute Gasteiger partial charge is 0.497 e. The fourth-order valence-electron chi connectivity index (χ4n) is 1.51. The lowest BCUT2D eigenvalue weighted by Gasteiger charge is -2.19. The van der Waals surface area contributed by atoms with Crippen molar-refractivity contribution in [2.75, 3.05) is 13.7 Å². The molecule has 0 fully saturated rings. The second-order valence-electron chi connectivity index (χ2n) is 3.48. The zero-order valence-electron chi connectivity index (χ0n) is 9.09. The van der Waals surface area contributed by atoms with Crippen LogP contribution in [0.25, 0.3) is 0 Å². The van der Waals surface area contributed by atoms with Crippen LogP contribution in [0.4, 0.5) is 0 Å². The number of nitrogens with two attached hydrogens (primary N) is 2. The van der Waals surface area contributed by atoms with E-state index >= 15 is 0 Å². The smallest absolute Gasteiger partial charge is 0.321 e. The van der Waals surface area contributed by atoms with Crippen molar-refractivity contribution in [3.05, 3.63) is 29.8 Å². The molecule has 0 aliphatic rings. The van der Waals surface area contributed by atoms with Gasteiger partial charge in [-0.05, 0) is 17.7 Å².